The summed E-state index contributed by atoms with van der Waals surface area (Å²) >= 11 is -5.64. The van der Waals surface area contributed by atoms with Gasteiger partial charge in [0.1, 0.15) is 0 Å². The van der Waals surface area contributed by atoms with Crippen LogP contribution in [0.15, 0.2) is 0 Å². The normalized spacial score (nSPS) is 12.8. The van der Waals surface area contributed by atoms with Crippen molar-refractivity contribution >= 4 is 46.2 Å². The number of unbranched alkanes of at least 4 members (excludes halogenated alkanes) is 6. The predicted octanol–water partition coefficient (Wildman–Crippen LogP) is 9.93. The van der Waals surface area contributed by atoms with E-state index in [0.29, 0.717) is 0 Å². The summed E-state index contributed by atoms with van der Waals surface area (Å²) in [4.78, 5) is 11.2. The van der Waals surface area contributed by atoms with Crippen LogP contribution in [-0.2, 0) is 5.72 Å². The summed E-state index contributed by atoms with van der Waals surface area (Å²) in [5, 5.41) is 0. The molecule has 0 bridgehead atoms. The fraction of sp³-hybridized carbons (Fsp3) is 1.00. The van der Waals surface area contributed by atoms with Gasteiger partial charge in [-0.25, -0.2) is 0 Å². The van der Waals surface area contributed by atoms with Crippen molar-refractivity contribution in [1.29, 1.82) is 0 Å². The molecule has 0 fully saturated rings. The van der Waals surface area contributed by atoms with E-state index < -0.39 is 46.2 Å². The van der Waals surface area contributed by atoms with E-state index in [2.05, 4.69) is 41.5 Å². The molecule has 0 aromatic carbocycles. The van der Waals surface area contributed by atoms with Crippen LogP contribution in [0, 0.1) is 0 Å². The summed E-state index contributed by atoms with van der Waals surface area (Å²) in [5.74, 6) is 0. The zero-order valence-corrected chi connectivity index (χ0v) is 28.0. The van der Waals surface area contributed by atoms with E-state index >= 15 is 0 Å². The van der Waals surface area contributed by atoms with Gasteiger partial charge in [-0.05, 0) is 0 Å². The van der Waals surface area contributed by atoms with Crippen molar-refractivity contribution in [1.82, 2.24) is 0 Å². The molecule has 0 saturated heterocycles. The molecule has 6 heteroatoms. The van der Waals surface area contributed by atoms with Crippen LogP contribution in [0.3, 0.4) is 0 Å². The Kier molecular flexibility index (Phi) is 21.6. The Morgan fingerprint density at radius 3 is 0.833 bits per heavy atom. The van der Waals surface area contributed by atoms with Crippen molar-refractivity contribution in [2.75, 3.05) is 0 Å². The second-order valence-corrected chi connectivity index (χ2v) is 35.4. The molecule has 30 heavy (non-hydrogen) atoms. The monoisotopic (exact) mass is 662 g/mol. The van der Waals surface area contributed by atoms with E-state index in [4.69, 9.17) is 5.72 Å². The second kappa shape index (κ2) is 20.3. The molecule has 0 radical (unpaired) electrons. The summed E-state index contributed by atoms with van der Waals surface area (Å²) in [7, 11) is -1.67. The van der Waals surface area contributed by atoms with Crippen LogP contribution in [-0.4, -0.2) is 42.5 Å². The molecule has 0 saturated carbocycles. The molecule has 0 aliphatic heterocycles. The van der Waals surface area contributed by atoms with E-state index in [9.17, 15) is 4.89 Å². The van der Waals surface area contributed by atoms with Crippen molar-refractivity contribution in [3.63, 3.8) is 0 Å². The van der Waals surface area contributed by atoms with Crippen LogP contribution in [0.5, 0.6) is 0 Å². The topological polar surface area (TPSA) is 38.7 Å². The van der Waals surface area contributed by atoms with Crippen molar-refractivity contribution in [3.8, 4) is 0 Å². The molecular formula is C24H55O3PSn2. The zero-order chi connectivity index (χ0) is 22.7. The van der Waals surface area contributed by atoms with E-state index in [0.717, 1.165) is 0 Å². The standard InChI is InChI=1S/6C4H9.HO3P.2Sn/c6*1-3-4-2;1-4(2)3;;/h6*1,3-4H2,2H3;1H;;/q;;;;;;-2;2*+1. The molecule has 0 aromatic rings. The van der Waals surface area contributed by atoms with Gasteiger partial charge in [-0.1, -0.05) is 0 Å². The first-order valence-corrected chi connectivity index (χ1v) is 28.9. The Balaban J connectivity index is 5.47. The quantitative estimate of drug-likeness (QED) is 0.0929. The second-order valence-electron chi connectivity index (χ2n) is 9.41. The molecule has 3 nitrogen and oxygen atoms in total. The van der Waals surface area contributed by atoms with Crippen molar-refractivity contribution in [2.45, 2.75) is 145 Å². The zero-order valence-electron chi connectivity index (χ0n) is 21.4. The SMILES string of the molecule is CCC[CH2][Sn]([CH2]CCC)([CH2]CCC)[O]P(O)[O][Sn]([CH2]CCC)([CH2]CCC)[CH2]CCC. The third kappa shape index (κ3) is 14.2. The summed E-state index contributed by atoms with van der Waals surface area (Å²) in [6, 6.07) is 0. The van der Waals surface area contributed by atoms with Crippen LogP contribution >= 0.6 is 8.60 Å². The van der Waals surface area contributed by atoms with Gasteiger partial charge in [-0.2, -0.15) is 0 Å². The van der Waals surface area contributed by atoms with Gasteiger partial charge in [0.05, 0.1) is 0 Å². The third-order valence-corrected chi connectivity index (χ3v) is 38.5. The third-order valence-electron chi connectivity index (χ3n) is 6.46. The molecule has 0 spiro atoms. The minimum atomic E-state index is -2.82. The fourth-order valence-electron chi connectivity index (χ4n) is 4.37. The molecule has 0 aliphatic rings. The van der Waals surface area contributed by atoms with Gasteiger partial charge in [0.2, 0.25) is 0 Å². The minimum absolute atomic E-state index is 1.23. The Morgan fingerprint density at radius 1 is 0.467 bits per heavy atom. The number of rotatable bonds is 22. The van der Waals surface area contributed by atoms with Gasteiger partial charge in [0.25, 0.3) is 0 Å². The first-order chi connectivity index (χ1) is 14.5. The van der Waals surface area contributed by atoms with Crippen LogP contribution in [0.4, 0.5) is 0 Å². The van der Waals surface area contributed by atoms with Crippen molar-refractivity contribution in [3.05, 3.63) is 0 Å². The van der Waals surface area contributed by atoms with Crippen LogP contribution in [0.2, 0.25) is 26.6 Å². The van der Waals surface area contributed by atoms with Crippen molar-refractivity contribution < 1.29 is 10.6 Å². The summed E-state index contributed by atoms with van der Waals surface area (Å²) in [6.45, 7) is 13.7. The molecule has 182 valence electrons. The molecular weight excluding hydrogens is 605 g/mol. The van der Waals surface area contributed by atoms with Gasteiger partial charge in [-0.15, -0.1) is 0 Å². The van der Waals surface area contributed by atoms with Crippen LogP contribution in [0.25, 0.3) is 0 Å². The van der Waals surface area contributed by atoms with Gasteiger partial charge in [-0.3, -0.25) is 0 Å². The average molecular weight is 660 g/mol. The fourth-order valence-corrected chi connectivity index (χ4v) is 39.8. The molecule has 0 atom stereocenters. The summed E-state index contributed by atoms with van der Waals surface area (Å²) < 4.78 is 21.2. The van der Waals surface area contributed by atoms with Crippen molar-refractivity contribution in [2.24, 2.45) is 0 Å². The van der Waals surface area contributed by atoms with Crippen LogP contribution in [0.1, 0.15) is 119 Å². The Morgan fingerprint density at radius 2 is 0.667 bits per heavy atom. The van der Waals surface area contributed by atoms with E-state index in [-0.39, 0.29) is 0 Å². The Hall–Kier alpha value is 1.91. The average Bonchev–Trinajstić information content (AvgIpc) is 2.75. The Bertz CT molecular complexity index is 308. The van der Waals surface area contributed by atoms with Crippen LogP contribution < -0.4 is 0 Å². The summed E-state index contributed by atoms with van der Waals surface area (Å²) in [6.07, 6.45) is 15.0. The molecule has 0 amide bonds. The van der Waals surface area contributed by atoms with Gasteiger partial charge in [0, 0.05) is 0 Å². The molecule has 0 aromatic heterocycles. The van der Waals surface area contributed by atoms with E-state index in [1.165, 1.54) is 104 Å². The summed E-state index contributed by atoms with van der Waals surface area (Å²) in [5.41, 5.74) is 0. The maximum absolute atomic E-state index is 11.2. The molecule has 0 rings (SSSR count). The van der Waals surface area contributed by atoms with Gasteiger partial charge in [0.15, 0.2) is 0 Å². The number of hydrogen-bond acceptors (Lipinski definition) is 3. The Labute approximate surface area is 200 Å². The molecule has 0 heterocycles. The van der Waals surface area contributed by atoms with Gasteiger partial charge < -0.3 is 0 Å². The first kappa shape index (κ1) is 31.9. The number of hydrogen-bond donors (Lipinski definition) is 1. The first-order valence-electron chi connectivity index (χ1n) is 13.3. The molecule has 0 unspecified atom stereocenters. The van der Waals surface area contributed by atoms with E-state index in [1.807, 2.05) is 0 Å². The van der Waals surface area contributed by atoms with Gasteiger partial charge >= 0.3 is 202 Å². The maximum atomic E-state index is 11.2. The molecule has 0 aliphatic carbocycles. The molecule has 1 N–H and O–H groups in total. The predicted molar refractivity (Wildman–Crippen MR) is 141 cm³/mol. The van der Waals surface area contributed by atoms with E-state index in [1.54, 1.807) is 0 Å².